The van der Waals surface area contributed by atoms with E-state index in [4.69, 9.17) is 13.8 Å². The van der Waals surface area contributed by atoms with E-state index in [-0.39, 0.29) is 22.9 Å². The fourth-order valence-electron chi connectivity index (χ4n) is 2.27. The van der Waals surface area contributed by atoms with Gasteiger partial charge in [0.2, 0.25) is 0 Å². The standard InChI is InChI=1S/C17H18F3N2O7P/c1-11(29-30(3,25)26-2)21-15-10-14(8-9-16(15)22(23)24)27-12-4-6-13(7-5-12)28-17(18,19)20/h4-11,21H,1-3H3. The molecule has 0 saturated heterocycles. The molecule has 164 valence electrons. The Kier molecular flexibility index (Phi) is 7.30. The van der Waals surface area contributed by atoms with Crippen molar-refractivity contribution in [3.8, 4) is 17.2 Å². The monoisotopic (exact) mass is 450 g/mol. The van der Waals surface area contributed by atoms with Crippen LogP contribution in [0.1, 0.15) is 6.92 Å². The molecule has 9 nitrogen and oxygen atoms in total. The Balaban J connectivity index is 2.19. The molecule has 0 fully saturated rings. The summed E-state index contributed by atoms with van der Waals surface area (Å²) >= 11 is 0. The third kappa shape index (κ3) is 7.21. The van der Waals surface area contributed by atoms with E-state index in [9.17, 15) is 27.9 Å². The first-order valence-corrected chi connectivity index (χ1v) is 10.3. The molecule has 0 radical (unpaired) electrons. The predicted octanol–water partition coefficient (Wildman–Crippen LogP) is 5.53. The molecule has 0 amide bonds. The molecule has 13 heteroatoms. The third-order valence-electron chi connectivity index (χ3n) is 3.50. The van der Waals surface area contributed by atoms with E-state index in [0.29, 0.717) is 0 Å². The molecule has 0 heterocycles. The van der Waals surface area contributed by atoms with Crippen LogP contribution in [0.25, 0.3) is 0 Å². The van der Waals surface area contributed by atoms with Gasteiger partial charge in [0.05, 0.1) is 4.92 Å². The fourth-order valence-corrected chi connectivity index (χ4v) is 2.99. The Hall–Kier alpha value is -2.82. The van der Waals surface area contributed by atoms with Crippen LogP contribution in [0.4, 0.5) is 24.5 Å². The zero-order valence-corrected chi connectivity index (χ0v) is 16.9. The van der Waals surface area contributed by atoms with Gasteiger partial charge in [-0.3, -0.25) is 19.2 Å². The van der Waals surface area contributed by atoms with Crippen molar-refractivity contribution in [1.29, 1.82) is 0 Å². The zero-order chi connectivity index (χ0) is 22.5. The topological polar surface area (TPSA) is 109 Å². The highest BCUT2D eigenvalue weighted by molar-refractivity contribution is 7.52. The summed E-state index contributed by atoms with van der Waals surface area (Å²) in [4.78, 5) is 10.6. The minimum Gasteiger partial charge on any atom is -0.457 e. The summed E-state index contributed by atoms with van der Waals surface area (Å²) in [6.07, 6.45) is -5.72. The number of anilines is 1. The number of rotatable bonds is 9. The number of nitro benzene ring substituents is 1. The maximum absolute atomic E-state index is 12.2. The maximum Gasteiger partial charge on any atom is 0.573 e. The quantitative estimate of drug-likeness (QED) is 0.230. The maximum atomic E-state index is 12.2. The molecule has 2 rings (SSSR count). The van der Waals surface area contributed by atoms with Crippen LogP contribution in [-0.4, -0.2) is 31.3 Å². The molecular weight excluding hydrogens is 432 g/mol. The number of nitrogens with one attached hydrogen (secondary N) is 1. The molecule has 2 unspecified atom stereocenters. The van der Waals surface area contributed by atoms with Gasteiger partial charge in [0, 0.05) is 25.9 Å². The van der Waals surface area contributed by atoms with Crippen molar-refractivity contribution in [2.24, 2.45) is 0 Å². The Bertz CT molecular complexity index is 938. The molecule has 0 aliphatic rings. The van der Waals surface area contributed by atoms with E-state index in [1.54, 1.807) is 0 Å². The van der Waals surface area contributed by atoms with Gasteiger partial charge in [-0.15, -0.1) is 13.2 Å². The first kappa shape index (κ1) is 23.5. The van der Waals surface area contributed by atoms with Gasteiger partial charge >= 0.3 is 14.0 Å². The molecular formula is C17H18F3N2O7P. The van der Waals surface area contributed by atoms with Gasteiger partial charge in [-0.05, 0) is 37.3 Å². The lowest BCUT2D eigenvalue weighted by molar-refractivity contribution is -0.384. The normalized spacial score (nSPS) is 14.5. The number of nitrogens with zero attached hydrogens (tertiary/aromatic N) is 1. The second-order valence-corrected chi connectivity index (χ2v) is 8.02. The summed E-state index contributed by atoms with van der Waals surface area (Å²) in [6, 6.07) is 8.40. The van der Waals surface area contributed by atoms with Gasteiger partial charge < -0.3 is 19.3 Å². The average Bonchev–Trinajstić information content (AvgIpc) is 2.61. The van der Waals surface area contributed by atoms with Crippen molar-refractivity contribution >= 4 is 19.0 Å². The number of alkyl halides is 3. The summed E-state index contributed by atoms with van der Waals surface area (Å²) in [5.74, 6) is -0.0914. The first-order chi connectivity index (χ1) is 13.9. The van der Waals surface area contributed by atoms with E-state index in [1.165, 1.54) is 51.0 Å². The number of hydrogen-bond donors (Lipinski definition) is 1. The molecule has 0 aromatic heterocycles. The number of halogens is 3. The smallest absolute Gasteiger partial charge is 0.457 e. The minimum absolute atomic E-state index is 0.0122. The molecule has 0 saturated carbocycles. The van der Waals surface area contributed by atoms with Crippen LogP contribution >= 0.6 is 7.60 Å². The van der Waals surface area contributed by atoms with E-state index >= 15 is 0 Å². The van der Waals surface area contributed by atoms with Gasteiger partial charge in [0.25, 0.3) is 5.69 Å². The van der Waals surface area contributed by atoms with Gasteiger partial charge in [0.1, 0.15) is 29.2 Å². The summed E-state index contributed by atoms with van der Waals surface area (Å²) in [7, 11) is -2.14. The van der Waals surface area contributed by atoms with Gasteiger partial charge in [-0.2, -0.15) is 0 Å². The van der Waals surface area contributed by atoms with Crippen LogP contribution < -0.4 is 14.8 Å². The minimum atomic E-state index is -4.81. The molecule has 0 aliphatic carbocycles. The summed E-state index contributed by atoms with van der Waals surface area (Å²) in [6.45, 7) is 2.72. The highest BCUT2D eigenvalue weighted by atomic mass is 31.2. The highest BCUT2D eigenvalue weighted by Crippen LogP contribution is 2.44. The molecule has 0 aliphatic heterocycles. The molecule has 0 spiro atoms. The Labute approximate surface area is 169 Å². The first-order valence-electron chi connectivity index (χ1n) is 8.29. The number of ether oxygens (including phenoxy) is 2. The summed E-state index contributed by atoms with van der Waals surface area (Å²) in [5.41, 5.74) is -0.284. The predicted molar refractivity (Wildman–Crippen MR) is 101 cm³/mol. The van der Waals surface area contributed by atoms with Crippen LogP contribution in [0, 0.1) is 10.1 Å². The van der Waals surface area contributed by atoms with Gasteiger partial charge in [0.15, 0.2) is 0 Å². The van der Waals surface area contributed by atoms with Crippen molar-refractivity contribution in [3.63, 3.8) is 0 Å². The van der Waals surface area contributed by atoms with Crippen LogP contribution in [0.2, 0.25) is 0 Å². The molecule has 2 aromatic rings. The largest absolute Gasteiger partial charge is 0.573 e. The highest BCUT2D eigenvalue weighted by Gasteiger charge is 2.31. The zero-order valence-electron chi connectivity index (χ0n) is 16.0. The Morgan fingerprint density at radius 3 is 2.20 bits per heavy atom. The van der Waals surface area contributed by atoms with Crippen LogP contribution in [-0.2, 0) is 13.6 Å². The van der Waals surface area contributed by atoms with Crippen molar-refractivity contribution < 1.29 is 41.2 Å². The van der Waals surface area contributed by atoms with Crippen LogP contribution in [0.5, 0.6) is 17.2 Å². The fraction of sp³-hybridized carbons (Fsp3) is 0.294. The van der Waals surface area contributed by atoms with Crippen molar-refractivity contribution in [3.05, 3.63) is 52.6 Å². The van der Waals surface area contributed by atoms with Crippen molar-refractivity contribution in [2.75, 3.05) is 19.1 Å². The molecule has 2 atom stereocenters. The lowest BCUT2D eigenvalue weighted by Gasteiger charge is -2.20. The lowest BCUT2D eigenvalue weighted by atomic mass is 10.2. The van der Waals surface area contributed by atoms with Gasteiger partial charge in [-0.1, -0.05) is 0 Å². The average molecular weight is 450 g/mol. The number of nitro groups is 1. The van der Waals surface area contributed by atoms with E-state index in [1.807, 2.05) is 0 Å². The third-order valence-corrected chi connectivity index (χ3v) is 4.86. The molecule has 1 N–H and O–H groups in total. The van der Waals surface area contributed by atoms with E-state index < -0.39 is 30.9 Å². The van der Waals surface area contributed by atoms with E-state index in [0.717, 1.165) is 12.1 Å². The SMILES string of the molecule is COP(C)(=O)OC(C)Nc1cc(Oc2ccc(OC(F)(F)F)cc2)ccc1[N+](=O)[O-]. The Morgan fingerprint density at radius 2 is 1.67 bits per heavy atom. The van der Waals surface area contributed by atoms with Crippen LogP contribution in [0.3, 0.4) is 0 Å². The summed E-state index contributed by atoms with van der Waals surface area (Å²) < 4.78 is 67.8. The van der Waals surface area contributed by atoms with Crippen LogP contribution in [0.15, 0.2) is 42.5 Å². The Morgan fingerprint density at radius 1 is 1.10 bits per heavy atom. The second kappa shape index (κ2) is 9.33. The lowest BCUT2D eigenvalue weighted by Crippen LogP contribution is -2.18. The number of hydrogen-bond acceptors (Lipinski definition) is 8. The number of benzene rings is 2. The molecule has 2 aromatic carbocycles. The molecule has 30 heavy (non-hydrogen) atoms. The van der Waals surface area contributed by atoms with Crippen molar-refractivity contribution in [1.82, 2.24) is 0 Å². The van der Waals surface area contributed by atoms with E-state index in [2.05, 4.69) is 10.1 Å². The van der Waals surface area contributed by atoms with Crippen molar-refractivity contribution in [2.45, 2.75) is 19.5 Å². The second-order valence-electron chi connectivity index (χ2n) is 5.90. The molecule has 0 bridgehead atoms. The van der Waals surface area contributed by atoms with Gasteiger partial charge in [-0.25, -0.2) is 0 Å². The summed E-state index contributed by atoms with van der Waals surface area (Å²) in [5, 5.41) is 14.0.